The highest BCUT2D eigenvalue weighted by Crippen LogP contribution is 2.28. The molecule has 0 aliphatic carbocycles. The zero-order valence-corrected chi connectivity index (χ0v) is 18.1. The van der Waals surface area contributed by atoms with Crippen molar-refractivity contribution in [2.75, 3.05) is 32.2 Å². The molecular weight excluding hydrogens is 414 g/mol. The highest BCUT2D eigenvalue weighted by molar-refractivity contribution is 6.16. The minimum absolute atomic E-state index is 0.0465. The van der Waals surface area contributed by atoms with Crippen LogP contribution in [0.25, 0.3) is 6.08 Å². The molecule has 0 radical (unpaired) electrons. The Morgan fingerprint density at radius 2 is 1.81 bits per heavy atom. The van der Waals surface area contributed by atoms with Gasteiger partial charge in [-0.1, -0.05) is 12.1 Å². The van der Waals surface area contributed by atoms with E-state index in [0.717, 1.165) is 4.90 Å². The van der Waals surface area contributed by atoms with Crippen LogP contribution in [0, 0.1) is 0 Å². The molecule has 0 atom stereocenters. The van der Waals surface area contributed by atoms with Crippen molar-refractivity contribution in [3.05, 3.63) is 53.7 Å². The van der Waals surface area contributed by atoms with Gasteiger partial charge >= 0.3 is 6.03 Å². The zero-order valence-electron chi connectivity index (χ0n) is 18.1. The zero-order chi connectivity index (χ0) is 23.1. The third-order valence-electron chi connectivity index (χ3n) is 4.54. The molecule has 0 aromatic heterocycles. The summed E-state index contributed by atoms with van der Waals surface area (Å²) in [6, 6.07) is 11.4. The molecule has 32 heavy (non-hydrogen) atoms. The number of nitrogens with one attached hydrogen (secondary N) is 2. The number of benzene rings is 2. The Labute approximate surface area is 185 Å². The number of nitrogens with zero attached hydrogens (tertiary/aromatic N) is 1. The summed E-state index contributed by atoms with van der Waals surface area (Å²) in [4.78, 5) is 38.4. The first-order valence-electron chi connectivity index (χ1n) is 10.1. The SMILES string of the molecule is CCOc1ccc(/C=C2/NC(=O)N(CC(=O)Nc3ccccc3OC)C2=O)c(OCC)c1. The predicted octanol–water partition coefficient (Wildman–Crippen LogP) is 3.02. The fourth-order valence-electron chi connectivity index (χ4n) is 3.12. The van der Waals surface area contributed by atoms with E-state index < -0.39 is 24.4 Å². The fraction of sp³-hybridized carbons (Fsp3) is 0.261. The normalized spacial score (nSPS) is 14.3. The molecular formula is C23H25N3O6. The number of imide groups is 1. The Bertz CT molecular complexity index is 1050. The van der Waals surface area contributed by atoms with Crippen molar-refractivity contribution < 1.29 is 28.6 Å². The Kier molecular flexibility index (Phi) is 7.33. The number of hydrogen-bond acceptors (Lipinski definition) is 6. The smallest absolute Gasteiger partial charge is 0.329 e. The number of anilines is 1. The Morgan fingerprint density at radius 1 is 1.06 bits per heavy atom. The van der Waals surface area contributed by atoms with Crippen LogP contribution in [-0.4, -0.2) is 49.6 Å². The van der Waals surface area contributed by atoms with Crippen molar-refractivity contribution in [3.8, 4) is 17.2 Å². The lowest BCUT2D eigenvalue weighted by atomic mass is 10.1. The third kappa shape index (κ3) is 5.18. The minimum Gasteiger partial charge on any atom is -0.495 e. The molecule has 0 spiro atoms. The standard InChI is InChI=1S/C23H25N3O6/c1-4-31-16-11-10-15(20(13-16)32-5-2)12-18-22(28)26(23(29)25-18)14-21(27)24-17-8-6-7-9-19(17)30-3/h6-13H,4-5,14H2,1-3H3,(H,24,27)(H,25,29)/b18-12+. The summed E-state index contributed by atoms with van der Waals surface area (Å²) in [6.07, 6.45) is 1.51. The van der Waals surface area contributed by atoms with E-state index in [1.165, 1.54) is 13.2 Å². The van der Waals surface area contributed by atoms with Gasteiger partial charge in [0.25, 0.3) is 5.91 Å². The Morgan fingerprint density at radius 3 is 2.53 bits per heavy atom. The molecule has 9 heteroatoms. The number of amides is 4. The lowest BCUT2D eigenvalue weighted by molar-refractivity contribution is -0.127. The van der Waals surface area contributed by atoms with Crippen LogP contribution in [0.15, 0.2) is 48.2 Å². The van der Waals surface area contributed by atoms with E-state index >= 15 is 0 Å². The molecule has 4 amide bonds. The second-order valence-corrected chi connectivity index (χ2v) is 6.69. The van der Waals surface area contributed by atoms with E-state index in [2.05, 4.69) is 10.6 Å². The monoisotopic (exact) mass is 439 g/mol. The lowest BCUT2D eigenvalue weighted by Gasteiger charge is -2.13. The average molecular weight is 439 g/mol. The highest BCUT2D eigenvalue weighted by atomic mass is 16.5. The van der Waals surface area contributed by atoms with Crippen molar-refractivity contribution in [1.82, 2.24) is 10.2 Å². The molecule has 168 valence electrons. The lowest BCUT2D eigenvalue weighted by Crippen LogP contribution is -2.38. The molecule has 0 unspecified atom stereocenters. The second kappa shape index (κ2) is 10.3. The first-order chi connectivity index (χ1) is 15.5. The van der Waals surface area contributed by atoms with E-state index in [-0.39, 0.29) is 5.70 Å². The fourth-order valence-corrected chi connectivity index (χ4v) is 3.12. The summed E-state index contributed by atoms with van der Waals surface area (Å²) in [5.41, 5.74) is 1.09. The number of carbonyl (C=O) groups is 3. The highest BCUT2D eigenvalue weighted by Gasteiger charge is 2.35. The summed E-state index contributed by atoms with van der Waals surface area (Å²) in [5, 5.41) is 5.16. The van der Waals surface area contributed by atoms with Crippen molar-refractivity contribution >= 4 is 29.6 Å². The minimum atomic E-state index is -0.680. The Balaban J connectivity index is 1.75. The van der Waals surface area contributed by atoms with E-state index in [1.54, 1.807) is 42.5 Å². The van der Waals surface area contributed by atoms with Crippen LogP contribution in [0.5, 0.6) is 17.2 Å². The summed E-state index contributed by atoms with van der Waals surface area (Å²) in [6.45, 7) is 4.20. The van der Waals surface area contributed by atoms with E-state index in [1.807, 2.05) is 13.8 Å². The maximum absolute atomic E-state index is 12.8. The van der Waals surface area contributed by atoms with Gasteiger partial charge in [-0.3, -0.25) is 9.59 Å². The maximum atomic E-state index is 12.8. The summed E-state index contributed by atoms with van der Waals surface area (Å²) in [7, 11) is 1.48. The van der Waals surface area contributed by atoms with Gasteiger partial charge in [0.05, 0.1) is 26.0 Å². The molecule has 1 aliphatic heterocycles. The topological polar surface area (TPSA) is 106 Å². The average Bonchev–Trinajstić information content (AvgIpc) is 3.03. The van der Waals surface area contributed by atoms with Crippen LogP contribution in [0.3, 0.4) is 0 Å². The number of hydrogen-bond donors (Lipinski definition) is 2. The molecule has 1 saturated heterocycles. The van der Waals surface area contributed by atoms with Gasteiger partial charge in [0.1, 0.15) is 29.5 Å². The molecule has 2 aromatic carbocycles. The largest absolute Gasteiger partial charge is 0.495 e. The van der Waals surface area contributed by atoms with Gasteiger partial charge < -0.3 is 24.8 Å². The van der Waals surface area contributed by atoms with Gasteiger partial charge in [-0.15, -0.1) is 0 Å². The van der Waals surface area contributed by atoms with Gasteiger partial charge in [-0.2, -0.15) is 0 Å². The molecule has 9 nitrogen and oxygen atoms in total. The molecule has 2 aromatic rings. The maximum Gasteiger partial charge on any atom is 0.329 e. The van der Waals surface area contributed by atoms with Crippen molar-refractivity contribution in [2.24, 2.45) is 0 Å². The number of carbonyl (C=O) groups excluding carboxylic acids is 3. The summed E-state index contributed by atoms with van der Waals surface area (Å²) < 4.78 is 16.3. The van der Waals surface area contributed by atoms with Gasteiger partial charge in [0, 0.05) is 11.6 Å². The molecule has 3 rings (SSSR count). The van der Waals surface area contributed by atoms with Gasteiger partial charge in [-0.25, -0.2) is 9.69 Å². The van der Waals surface area contributed by atoms with E-state index in [0.29, 0.717) is 41.7 Å². The number of para-hydroxylation sites is 2. The van der Waals surface area contributed by atoms with Crippen molar-refractivity contribution in [2.45, 2.75) is 13.8 Å². The Hall–Kier alpha value is -4.01. The summed E-state index contributed by atoms with van der Waals surface area (Å²) in [5.74, 6) is 0.476. The van der Waals surface area contributed by atoms with Crippen LogP contribution in [0.2, 0.25) is 0 Å². The van der Waals surface area contributed by atoms with Crippen LogP contribution >= 0.6 is 0 Å². The number of urea groups is 1. The van der Waals surface area contributed by atoms with Gasteiger partial charge in [0.15, 0.2) is 0 Å². The van der Waals surface area contributed by atoms with Crippen LogP contribution < -0.4 is 24.8 Å². The third-order valence-corrected chi connectivity index (χ3v) is 4.54. The predicted molar refractivity (Wildman–Crippen MR) is 119 cm³/mol. The van der Waals surface area contributed by atoms with Gasteiger partial charge in [-0.05, 0) is 44.2 Å². The number of methoxy groups -OCH3 is 1. The molecule has 1 fully saturated rings. The van der Waals surface area contributed by atoms with E-state index in [4.69, 9.17) is 14.2 Å². The van der Waals surface area contributed by atoms with Crippen LogP contribution in [0.1, 0.15) is 19.4 Å². The van der Waals surface area contributed by atoms with Crippen LogP contribution in [0.4, 0.5) is 10.5 Å². The number of ether oxygens (including phenoxy) is 3. The van der Waals surface area contributed by atoms with Crippen molar-refractivity contribution in [1.29, 1.82) is 0 Å². The first kappa shape index (κ1) is 22.7. The first-order valence-corrected chi connectivity index (χ1v) is 10.1. The number of rotatable bonds is 9. The van der Waals surface area contributed by atoms with Crippen molar-refractivity contribution in [3.63, 3.8) is 0 Å². The van der Waals surface area contributed by atoms with Gasteiger partial charge in [0.2, 0.25) is 5.91 Å². The second-order valence-electron chi connectivity index (χ2n) is 6.69. The summed E-state index contributed by atoms with van der Waals surface area (Å²) >= 11 is 0. The van der Waals surface area contributed by atoms with Crippen LogP contribution in [-0.2, 0) is 9.59 Å². The van der Waals surface area contributed by atoms with E-state index in [9.17, 15) is 14.4 Å². The molecule has 0 bridgehead atoms. The molecule has 2 N–H and O–H groups in total. The molecule has 0 saturated carbocycles. The quantitative estimate of drug-likeness (QED) is 0.460. The molecule has 1 aliphatic rings. The molecule has 1 heterocycles.